The summed E-state index contributed by atoms with van der Waals surface area (Å²) in [5.41, 5.74) is 6.20. The minimum Gasteiger partial charge on any atom is -0.338 e. The first-order valence-corrected chi connectivity index (χ1v) is 11.6. The molecule has 1 heterocycles. The fraction of sp³-hybridized carbons (Fsp3) is 0.600. The molecule has 0 radical (unpaired) electrons. The van der Waals surface area contributed by atoms with Gasteiger partial charge in [-0.2, -0.15) is 5.10 Å². The molecule has 0 atom stereocenters. The first kappa shape index (κ1) is 19.7. The SMILES string of the molecule is Cc1nn(C)c(C)c1CCNC(=O)Nc1ccc(C23CC4CC(CC(C4)C2)C3)cc1. The Balaban J connectivity index is 1.17. The van der Waals surface area contributed by atoms with E-state index in [1.807, 2.05) is 18.7 Å². The monoisotopic (exact) mass is 406 g/mol. The molecule has 4 bridgehead atoms. The summed E-state index contributed by atoms with van der Waals surface area (Å²) in [7, 11) is 1.96. The van der Waals surface area contributed by atoms with Crippen LogP contribution in [0.3, 0.4) is 0 Å². The fourth-order valence-electron chi connectivity index (χ4n) is 7.03. The first-order valence-electron chi connectivity index (χ1n) is 11.6. The lowest BCUT2D eigenvalue weighted by Crippen LogP contribution is -2.48. The third kappa shape index (κ3) is 3.52. The predicted molar refractivity (Wildman–Crippen MR) is 120 cm³/mol. The van der Waals surface area contributed by atoms with Crippen LogP contribution in [0.4, 0.5) is 10.5 Å². The van der Waals surface area contributed by atoms with Crippen molar-refractivity contribution in [1.29, 1.82) is 0 Å². The van der Waals surface area contributed by atoms with Gasteiger partial charge in [0.1, 0.15) is 0 Å². The van der Waals surface area contributed by atoms with E-state index >= 15 is 0 Å². The number of aromatic nitrogens is 2. The van der Waals surface area contributed by atoms with E-state index < -0.39 is 0 Å². The minimum absolute atomic E-state index is 0.142. The lowest BCUT2D eigenvalue weighted by Gasteiger charge is -2.57. The van der Waals surface area contributed by atoms with Crippen molar-refractivity contribution < 1.29 is 4.79 Å². The van der Waals surface area contributed by atoms with E-state index in [1.54, 1.807) is 0 Å². The van der Waals surface area contributed by atoms with Crippen LogP contribution in [-0.4, -0.2) is 22.4 Å². The molecule has 5 heteroatoms. The number of anilines is 1. The quantitative estimate of drug-likeness (QED) is 0.744. The van der Waals surface area contributed by atoms with Crippen molar-refractivity contribution in [3.8, 4) is 0 Å². The van der Waals surface area contributed by atoms with Gasteiger partial charge >= 0.3 is 6.03 Å². The molecule has 1 aromatic carbocycles. The second-order valence-corrected chi connectivity index (χ2v) is 10.2. The van der Waals surface area contributed by atoms with Gasteiger partial charge in [0.25, 0.3) is 0 Å². The Morgan fingerprint density at radius 3 is 2.20 bits per heavy atom. The molecule has 6 rings (SSSR count). The van der Waals surface area contributed by atoms with Crippen LogP contribution in [0, 0.1) is 31.6 Å². The molecule has 30 heavy (non-hydrogen) atoms. The molecule has 0 spiro atoms. The van der Waals surface area contributed by atoms with Gasteiger partial charge in [0, 0.05) is 25.0 Å². The Kier molecular flexibility index (Phi) is 4.87. The van der Waals surface area contributed by atoms with Gasteiger partial charge in [0.2, 0.25) is 0 Å². The largest absolute Gasteiger partial charge is 0.338 e. The number of rotatable bonds is 5. The van der Waals surface area contributed by atoms with Crippen LogP contribution in [-0.2, 0) is 18.9 Å². The molecular formula is C25H34N4O. The summed E-state index contributed by atoms with van der Waals surface area (Å²) >= 11 is 0. The average molecular weight is 407 g/mol. The highest BCUT2D eigenvalue weighted by Crippen LogP contribution is 2.60. The average Bonchev–Trinajstić information content (AvgIpc) is 2.93. The molecule has 0 unspecified atom stereocenters. The van der Waals surface area contributed by atoms with E-state index in [0.29, 0.717) is 12.0 Å². The second-order valence-electron chi connectivity index (χ2n) is 10.2. The molecule has 5 nitrogen and oxygen atoms in total. The highest BCUT2D eigenvalue weighted by atomic mass is 16.2. The Morgan fingerprint density at radius 1 is 1.07 bits per heavy atom. The van der Waals surface area contributed by atoms with Crippen LogP contribution in [0.5, 0.6) is 0 Å². The molecule has 160 valence electrons. The van der Waals surface area contributed by atoms with Crippen molar-refractivity contribution in [2.24, 2.45) is 24.8 Å². The summed E-state index contributed by atoms with van der Waals surface area (Å²) in [5, 5.41) is 10.4. The van der Waals surface area contributed by atoms with E-state index in [2.05, 4.69) is 46.9 Å². The number of hydrogen-bond acceptors (Lipinski definition) is 2. The number of nitrogens with one attached hydrogen (secondary N) is 2. The van der Waals surface area contributed by atoms with E-state index in [4.69, 9.17) is 0 Å². The topological polar surface area (TPSA) is 59.0 Å². The van der Waals surface area contributed by atoms with Crippen LogP contribution in [0.25, 0.3) is 0 Å². The van der Waals surface area contributed by atoms with Gasteiger partial charge in [-0.25, -0.2) is 4.79 Å². The van der Waals surface area contributed by atoms with Crippen LogP contribution >= 0.6 is 0 Å². The number of carbonyl (C=O) groups is 1. The first-order chi connectivity index (χ1) is 14.4. The lowest BCUT2D eigenvalue weighted by atomic mass is 9.48. The molecule has 0 aliphatic heterocycles. The maximum atomic E-state index is 12.3. The summed E-state index contributed by atoms with van der Waals surface area (Å²) < 4.78 is 1.90. The number of hydrogen-bond donors (Lipinski definition) is 2. The van der Waals surface area contributed by atoms with Gasteiger partial charge in [-0.05, 0) is 105 Å². The highest BCUT2D eigenvalue weighted by Gasteiger charge is 2.51. The number of nitrogens with zero attached hydrogens (tertiary/aromatic N) is 2. The summed E-state index contributed by atoms with van der Waals surface area (Å²) in [4.78, 5) is 12.3. The Hall–Kier alpha value is -2.30. The molecule has 2 amide bonds. The van der Waals surface area contributed by atoms with Crippen molar-refractivity contribution in [2.75, 3.05) is 11.9 Å². The lowest BCUT2D eigenvalue weighted by molar-refractivity contribution is -0.00518. The van der Waals surface area contributed by atoms with Gasteiger partial charge in [-0.15, -0.1) is 0 Å². The molecule has 4 aliphatic rings. The maximum Gasteiger partial charge on any atom is 0.319 e. The van der Waals surface area contributed by atoms with E-state index in [1.165, 1.54) is 49.7 Å². The summed E-state index contributed by atoms with van der Waals surface area (Å²) in [6.45, 7) is 4.69. The van der Waals surface area contributed by atoms with Gasteiger partial charge < -0.3 is 10.6 Å². The van der Waals surface area contributed by atoms with E-state index in [-0.39, 0.29) is 6.03 Å². The zero-order chi connectivity index (χ0) is 20.9. The van der Waals surface area contributed by atoms with Gasteiger partial charge in [0.15, 0.2) is 0 Å². The number of urea groups is 1. The van der Waals surface area contributed by atoms with Gasteiger partial charge in [-0.1, -0.05) is 12.1 Å². The highest BCUT2D eigenvalue weighted by molar-refractivity contribution is 5.89. The number of amides is 2. The second kappa shape index (κ2) is 7.44. The number of carbonyl (C=O) groups excluding carboxylic acids is 1. The molecule has 4 aliphatic carbocycles. The molecular weight excluding hydrogens is 372 g/mol. The van der Waals surface area contributed by atoms with Crippen molar-refractivity contribution in [2.45, 2.75) is 64.2 Å². The molecule has 0 saturated heterocycles. The van der Waals surface area contributed by atoms with Crippen LogP contribution in [0.2, 0.25) is 0 Å². The van der Waals surface area contributed by atoms with Crippen molar-refractivity contribution in [1.82, 2.24) is 15.1 Å². The smallest absolute Gasteiger partial charge is 0.319 e. The number of benzene rings is 1. The molecule has 2 aromatic rings. The molecule has 4 saturated carbocycles. The normalized spacial score (nSPS) is 29.2. The maximum absolute atomic E-state index is 12.3. The third-order valence-corrected chi connectivity index (χ3v) is 8.11. The van der Waals surface area contributed by atoms with Crippen LogP contribution in [0.15, 0.2) is 24.3 Å². The van der Waals surface area contributed by atoms with Crippen LogP contribution < -0.4 is 10.6 Å². The summed E-state index contributed by atoms with van der Waals surface area (Å²) in [5.74, 6) is 2.85. The zero-order valence-corrected chi connectivity index (χ0v) is 18.5. The third-order valence-electron chi connectivity index (χ3n) is 8.11. The molecule has 1 aromatic heterocycles. The minimum atomic E-state index is -0.142. The standard InChI is InChI=1S/C25H34N4O/c1-16-23(17(2)29(3)28-16)8-9-26-24(30)27-22-6-4-21(5-7-22)25-13-18-10-19(14-25)12-20(11-18)15-25/h4-7,18-20H,8-15H2,1-3H3,(H2,26,27,30). The summed E-state index contributed by atoms with van der Waals surface area (Å²) in [6.07, 6.45) is 9.33. The van der Waals surface area contributed by atoms with Gasteiger partial charge in [-0.3, -0.25) is 4.68 Å². The van der Waals surface area contributed by atoms with Crippen LogP contribution in [0.1, 0.15) is 61.0 Å². The van der Waals surface area contributed by atoms with Gasteiger partial charge in [0.05, 0.1) is 5.69 Å². The predicted octanol–water partition coefficient (Wildman–Crippen LogP) is 4.87. The van der Waals surface area contributed by atoms with Crippen molar-refractivity contribution in [3.63, 3.8) is 0 Å². The Labute approximate surface area is 179 Å². The summed E-state index contributed by atoms with van der Waals surface area (Å²) in [6, 6.07) is 8.57. The van der Waals surface area contributed by atoms with E-state index in [9.17, 15) is 4.79 Å². The zero-order valence-electron chi connectivity index (χ0n) is 18.5. The number of aryl methyl sites for hydroxylation is 2. The Bertz CT molecular complexity index is 908. The Morgan fingerprint density at radius 2 is 1.67 bits per heavy atom. The van der Waals surface area contributed by atoms with Crippen molar-refractivity contribution >= 4 is 11.7 Å². The van der Waals surface area contributed by atoms with E-state index in [0.717, 1.165) is 41.2 Å². The molecule has 4 fully saturated rings. The molecule has 2 N–H and O–H groups in total. The van der Waals surface area contributed by atoms with Crippen molar-refractivity contribution in [3.05, 3.63) is 46.8 Å². The fourth-order valence-corrected chi connectivity index (χ4v) is 7.03.